The van der Waals surface area contributed by atoms with Gasteiger partial charge in [-0.25, -0.2) is 4.79 Å². The summed E-state index contributed by atoms with van der Waals surface area (Å²) in [5.41, 5.74) is 0. The van der Waals surface area contributed by atoms with Gasteiger partial charge in [-0.3, -0.25) is 4.79 Å². The molecule has 0 aromatic rings. The molecule has 1 aliphatic rings. The van der Waals surface area contributed by atoms with Crippen LogP contribution in [0.25, 0.3) is 0 Å². The summed E-state index contributed by atoms with van der Waals surface area (Å²) in [7, 11) is 1.58. The topological polar surface area (TPSA) is 90.9 Å². The van der Waals surface area contributed by atoms with E-state index < -0.39 is 6.04 Å². The van der Waals surface area contributed by atoms with Crippen LogP contribution >= 0.6 is 0 Å². The first-order chi connectivity index (χ1) is 11.4. The number of urea groups is 1. The molecular weight excluding hydrogens is 310 g/mol. The van der Waals surface area contributed by atoms with E-state index in [4.69, 9.17) is 4.74 Å². The predicted molar refractivity (Wildman–Crippen MR) is 92.6 cm³/mol. The number of methoxy groups -OCH3 is 1. The third-order valence-electron chi connectivity index (χ3n) is 4.29. The van der Waals surface area contributed by atoms with Crippen molar-refractivity contribution in [2.75, 3.05) is 33.4 Å². The van der Waals surface area contributed by atoms with Gasteiger partial charge in [0.2, 0.25) is 5.91 Å². The van der Waals surface area contributed by atoms with Gasteiger partial charge in [-0.15, -0.1) is 0 Å². The van der Waals surface area contributed by atoms with Gasteiger partial charge in [0.05, 0.1) is 12.6 Å². The fourth-order valence-corrected chi connectivity index (χ4v) is 2.96. The molecule has 1 aliphatic heterocycles. The van der Waals surface area contributed by atoms with Crippen molar-refractivity contribution < 1.29 is 19.4 Å². The van der Waals surface area contributed by atoms with E-state index in [0.29, 0.717) is 32.0 Å². The van der Waals surface area contributed by atoms with E-state index in [2.05, 4.69) is 10.6 Å². The number of hydrogen-bond donors (Lipinski definition) is 3. The van der Waals surface area contributed by atoms with Gasteiger partial charge in [0.15, 0.2) is 0 Å². The minimum Gasteiger partial charge on any atom is -0.396 e. The largest absolute Gasteiger partial charge is 0.396 e. The maximum absolute atomic E-state index is 12.8. The number of nitrogens with zero attached hydrogens (tertiary/aromatic N) is 1. The molecular formula is C17H33N3O4. The van der Waals surface area contributed by atoms with Crippen LogP contribution in [0.4, 0.5) is 4.79 Å². The number of aliphatic hydroxyl groups is 1. The Morgan fingerprint density at radius 2 is 1.83 bits per heavy atom. The van der Waals surface area contributed by atoms with E-state index in [1.54, 1.807) is 12.0 Å². The molecule has 3 N–H and O–H groups in total. The highest BCUT2D eigenvalue weighted by molar-refractivity contribution is 5.87. The molecule has 0 bridgehead atoms. The summed E-state index contributed by atoms with van der Waals surface area (Å²) in [5.74, 6) is 0.545. The number of amides is 3. The van der Waals surface area contributed by atoms with Crippen LogP contribution in [0.15, 0.2) is 0 Å². The van der Waals surface area contributed by atoms with Gasteiger partial charge < -0.3 is 25.4 Å². The third-order valence-corrected chi connectivity index (χ3v) is 4.29. The Bertz CT molecular complexity index is 395. The Balaban J connectivity index is 2.60. The minimum atomic E-state index is -0.523. The molecule has 1 fully saturated rings. The molecule has 1 heterocycles. The van der Waals surface area contributed by atoms with E-state index >= 15 is 0 Å². The lowest BCUT2D eigenvalue weighted by Gasteiger charge is -2.34. The molecule has 0 spiro atoms. The smallest absolute Gasteiger partial charge is 0.315 e. The van der Waals surface area contributed by atoms with E-state index in [1.165, 1.54) is 0 Å². The molecule has 24 heavy (non-hydrogen) atoms. The minimum absolute atomic E-state index is 0.0327. The average Bonchev–Trinajstić information content (AvgIpc) is 2.53. The van der Waals surface area contributed by atoms with Gasteiger partial charge in [-0.2, -0.15) is 0 Å². The summed E-state index contributed by atoms with van der Waals surface area (Å²) in [6.45, 7) is 7.79. The fraction of sp³-hybridized carbons (Fsp3) is 0.882. The van der Waals surface area contributed by atoms with Crippen LogP contribution in [-0.2, 0) is 9.53 Å². The zero-order chi connectivity index (χ0) is 18.1. The standard InChI is InChI=1S/C17H33N3O4/c1-12(2)9-15(19-17(23)18-13(3)11-24-4)16(22)20-7-5-14(10-21)6-8-20/h12-15,21H,5-11H2,1-4H3,(H2,18,19,23)/t13-,15-/m1/s1. The number of hydrogen-bond acceptors (Lipinski definition) is 4. The summed E-state index contributed by atoms with van der Waals surface area (Å²) < 4.78 is 5.00. The number of likely N-dealkylation sites (tertiary alicyclic amines) is 1. The SMILES string of the molecule is COC[C@@H](C)NC(=O)N[C@H](CC(C)C)C(=O)N1CCC(CO)CC1. The summed E-state index contributed by atoms with van der Waals surface area (Å²) >= 11 is 0. The quantitative estimate of drug-likeness (QED) is 0.612. The van der Waals surface area contributed by atoms with Gasteiger partial charge in [0.1, 0.15) is 6.04 Å². The van der Waals surface area contributed by atoms with Crippen LogP contribution in [0.3, 0.4) is 0 Å². The van der Waals surface area contributed by atoms with Gasteiger partial charge in [0, 0.05) is 26.8 Å². The fourth-order valence-electron chi connectivity index (χ4n) is 2.96. The summed E-state index contributed by atoms with van der Waals surface area (Å²) in [6, 6.07) is -0.987. The first kappa shape index (κ1) is 20.7. The van der Waals surface area contributed by atoms with E-state index in [-0.39, 0.29) is 30.5 Å². The molecule has 2 atom stereocenters. The first-order valence-electron chi connectivity index (χ1n) is 8.83. The number of carbonyl (C=O) groups is 2. The zero-order valence-electron chi connectivity index (χ0n) is 15.4. The molecule has 7 nitrogen and oxygen atoms in total. The summed E-state index contributed by atoms with van der Waals surface area (Å²) in [5, 5.41) is 14.8. The Kier molecular flexibility index (Phi) is 9.07. The highest BCUT2D eigenvalue weighted by Gasteiger charge is 2.29. The van der Waals surface area contributed by atoms with Crippen molar-refractivity contribution in [3.05, 3.63) is 0 Å². The van der Waals surface area contributed by atoms with Crippen molar-refractivity contribution in [3.8, 4) is 0 Å². The Labute approximate surface area is 145 Å². The van der Waals surface area contributed by atoms with Crippen LogP contribution in [-0.4, -0.2) is 67.4 Å². The molecule has 0 unspecified atom stereocenters. The molecule has 140 valence electrons. The number of carbonyl (C=O) groups excluding carboxylic acids is 2. The van der Waals surface area contributed by atoms with Crippen molar-refractivity contribution >= 4 is 11.9 Å². The van der Waals surface area contributed by atoms with Crippen LogP contribution < -0.4 is 10.6 Å². The van der Waals surface area contributed by atoms with E-state index in [9.17, 15) is 14.7 Å². The molecule has 7 heteroatoms. The van der Waals surface area contributed by atoms with Crippen LogP contribution in [0, 0.1) is 11.8 Å². The number of aliphatic hydroxyl groups excluding tert-OH is 1. The second-order valence-electron chi connectivity index (χ2n) is 7.11. The molecule has 0 aliphatic carbocycles. The predicted octanol–water partition coefficient (Wildman–Crippen LogP) is 0.966. The van der Waals surface area contributed by atoms with Crippen LogP contribution in [0.5, 0.6) is 0 Å². The number of piperidine rings is 1. The normalized spacial score (nSPS) is 18.3. The molecule has 1 saturated heterocycles. The van der Waals surface area contributed by atoms with Gasteiger partial charge in [-0.05, 0) is 38.0 Å². The van der Waals surface area contributed by atoms with Crippen LogP contribution in [0.1, 0.15) is 40.0 Å². The third kappa shape index (κ3) is 7.05. The second-order valence-corrected chi connectivity index (χ2v) is 7.11. The highest BCUT2D eigenvalue weighted by atomic mass is 16.5. The average molecular weight is 343 g/mol. The van der Waals surface area contributed by atoms with Crippen molar-refractivity contribution in [2.24, 2.45) is 11.8 Å². The Morgan fingerprint density at radius 3 is 2.33 bits per heavy atom. The zero-order valence-corrected chi connectivity index (χ0v) is 15.4. The molecule has 0 saturated carbocycles. The summed E-state index contributed by atoms with van der Waals surface area (Å²) in [6.07, 6.45) is 2.23. The highest BCUT2D eigenvalue weighted by Crippen LogP contribution is 2.18. The lowest BCUT2D eigenvalue weighted by Crippen LogP contribution is -2.54. The maximum Gasteiger partial charge on any atom is 0.315 e. The monoisotopic (exact) mass is 343 g/mol. The Morgan fingerprint density at radius 1 is 1.21 bits per heavy atom. The van der Waals surface area contributed by atoms with Gasteiger partial charge in [-0.1, -0.05) is 13.8 Å². The number of ether oxygens (including phenoxy) is 1. The van der Waals surface area contributed by atoms with Gasteiger partial charge >= 0.3 is 6.03 Å². The molecule has 0 aromatic heterocycles. The van der Waals surface area contributed by atoms with Gasteiger partial charge in [0.25, 0.3) is 0 Å². The van der Waals surface area contributed by atoms with E-state index in [0.717, 1.165) is 12.8 Å². The first-order valence-corrected chi connectivity index (χ1v) is 8.83. The summed E-state index contributed by atoms with van der Waals surface area (Å²) in [4.78, 5) is 26.7. The maximum atomic E-state index is 12.8. The number of rotatable bonds is 8. The van der Waals surface area contributed by atoms with Crippen molar-refractivity contribution in [3.63, 3.8) is 0 Å². The van der Waals surface area contributed by atoms with Crippen LogP contribution in [0.2, 0.25) is 0 Å². The van der Waals surface area contributed by atoms with Crippen molar-refractivity contribution in [2.45, 2.75) is 52.1 Å². The number of nitrogens with one attached hydrogen (secondary N) is 2. The molecule has 0 radical (unpaired) electrons. The Hall–Kier alpha value is -1.34. The van der Waals surface area contributed by atoms with Crippen molar-refractivity contribution in [1.82, 2.24) is 15.5 Å². The lowest BCUT2D eigenvalue weighted by molar-refractivity contribution is -0.135. The molecule has 1 rings (SSSR count). The van der Waals surface area contributed by atoms with E-state index in [1.807, 2.05) is 20.8 Å². The van der Waals surface area contributed by atoms with Crippen molar-refractivity contribution in [1.29, 1.82) is 0 Å². The molecule has 3 amide bonds. The molecule has 0 aromatic carbocycles. The second kappa shape index (κ2) is 10.5. The lowest BCUT2D eigenvalue weighted by atomic mass is 9.96.